The lowest BCUT2D eigenvalue weighted by atomic mass is 10.1. The Bertz CT molecular complexity index is 102. The van der Waals surface area contributed by atoms with E-state index in [0.717, 1.165) is 12.3 Å². The minimum atomic E-state index is -0.235. The van der Waals surface area contributed by atoms with Gasteiger partial charge in [0.2, 0.25) is 0 Å². The minimum Gasteiger partial charge on any atom is -0.311 e. The van der Waals surface area contributed by atoms with E-state index < -0.39 is 0 Å². The number of alkyl halides is 1. The van der Waals surface area contributed by atoms with Crippen LogP contribution >= 0.6 is 0 Å². The van der Waals surface area contributed by atoms with Gasteiger partial charge in [0, 0.05) is 12.6 Å². The van der Waals surface area contributed by atoms with Gasteiger partial charge in [-0.2, -0.15) is 0 Å². The van der Waals surface area contributed by atoms with E-state index >= 15 is 0 Å². The maximum absolute atomic E-state index is 11.8. The van der Waals surface area contributed by atoms with Crippen LogP contribution in [-0.4, -0.2) is 19.3 Å². The number of halogens is 1. The molecule has 0 aliphatic heterocycles. The van der Waals surface area contributed by atoms with E-state index in [4.69, 9.17) is 0 Å². The van der Waals surface area contributed by atoms with Gasteiger partial charge in [0.1, 0.15) is 6.67 Å². The fraction of sp³-hybridized carbons (Fsp3) is 1.00. The maximum Gasteiger partial charge on any atom is 0.102 e. The van der Waals surface area contributed by atoms with Crippen molar-refractivity contribution in [3.05, 3.63) is 0 Å². The summed E-state index contributed by atoms with van der Waals surface area (Å²) in [5.74, 6) is 0.951. The smallest absolute Gasteiger partial charge is 0.102 e. The van der Waals surface area contributed by atoms with Gasteiger partial charge in [0.05, 0.1) is 0 Å². The van der Waals surface area contributed by atoms with Crippen LogP contribution in [0.4, 0.5) is 4.39 Å². The van der Waals surface area contributed by atoms with Gasteiger partial charge in [-0.25, -0.2) is 4.39 Å². The molecule has 1 aliphatic carbocycles. The van der Waals surface area contributed by atoms with Crippen LogP contribution in [0, 0.1) is 5.92 Å². The number of hydrogen-bond acceptors (Lipinski definition) is 1. The molecule has 66 valence electrons. The summed E-state index contributed by atoms with van der Waals surface area (Å²) in [7, 11) is 0. The Labute approximate surface area is 68.4 Å². The third kappa shape index (κ3) is 3.71. The predicted molar refractivity (Wildman–Crippen MR) is 45.4 cm³/mol. The average molecular weight is 159 g/mol. The molecular formula is C9H18FN. The lowest BCUT2D eigenvalue weighted by Gasteiger charge is -2.14. The molecule has 0 radical (unpaired) electrons. The van der Waals surface area contributed by atoms with Crippen LogP contribution in [0.25, 0.3) is 0 Å². The third-order valence-electron chi connectivity index (χ3n) is 2.34. The van der Waals surface area contributed by atoms with Crippen LogP contribution < -0.4 is 5.32 Å². The van der Waals surface area contributed by atoms with Gasteiger partial charge in [0.15, 0.2) is 0 Å². The topological polar surface area (TPSA) is 12.0 Å². The molecule has 1 nitrogen and oxygen atoms in total. The molecule has 2 heteroatoms. The lowest BCUT2D eigenvalue weighted by molar-refractivity contribution is 0.399. The van der Waals surface area contributed by atoms with Crippen LogP contribution in [0.1, 0.15) is 32.6 Å². The van der Waals surface area contributed by atoms with E-state index in [9.17, 15) is 4.39 Å². The van der Waals surface area contributed by atoms with E-state index in [1.165, 1.54) is 19.3 Å². The highest BCUT2D eigenvalue weighted by atomic mass is 19.1. The molecule has 0 aromatic heterocycles. The normalized spacial score (nSPS) is 20.2. The fourth-order valence-corrected chi connectivity index (χ4v) is 1.41. The van der Waals surface area contributed by atoms with Crippen LogP contribution in [0.3, 0.4) is 0 Å². The molecule has 0 saturated heterocycles. The van der Waals surface area contributed by atoms with Gasteiger partial charge in [-0.05, 0) is 18.8 Å². The van der Waals surface area contributed by atoms with Gasteiger partial charge >= 0.3 is 0 Å². The first-order chi connectivity index (χ1) is 5.36. The molecule has 1 unspecified atom stereocenters. The van der Waals surface area contributed by atoms with Gasteiger partial charge in [0.25, 0.3) is 0 Å². The molecule has 0 spiro atoms. The van der Waals surface area contributed by atoms with Crippen LogP contribution in [0.15, 0.2) is 0 Å². The summed E-state index contributed by atoms with van der Waals surface area (Å²) in [6.07, 6.45) is 5.19. The highest BCUT2D eigenvalue weighted by Gasteiger charge is 2.24. The average Bonchev–Trinajstić information content (AvgIpc) is 2.81. The van der Waals surface area contributed by atoms with E-state index in [2.05, 4.69) is 12.2 Å². The highest BCUT2D eigenvalue weighted by Crippen LogP contribution is 2.33. The molecule has 0 heterocycles. The second-order valence-electron chi connectivity index (χ2n) is 3.43. The standard InChI is InChI=1S/C9H18FN/c1-2-9(11-6-5-10)7-8-3-4-8/h8-9,11H,2-7H2,1H3. The van der Waals surface area contributed by atoms with E-state index in [0.29, 0.717) is 12.6 Å². The third-order valence-corrected chi connectivity index (χ3v) is 2.34. The molecule has 1 saturated carbocycles. The molecule has 0 bridgehead atoms. The largest absolute Gasteiger partial charge is 0.311 e. The Morgan fingerprint density at radius 3 is 2.73 bits per heavy atom. The molecule has 1 atom stereocenters. The summed E-state index contributed by atoms with van der Waals surface area (Å²) in [5, 5.41) is 3.22. The Morgan fingerprint density at radius 1 is 1.55 bits per heavy atom. The molecule has 0 aromatic rings. The molecule has 1 N–H and O–H groups in total. The second kappa shape index (κ2) is 4.70. The lowest BCUT2D eigenvalue weighted by Crippen LogP contribution is -2.30. The molecular weight excluding hydrogens is 141 g/mol. The van der Waals surface area contributed by atoms with Gasteiger partial charge < -0.3 is 5.32 Å². The number of rotatable bonds is 6. The van der Waals surface area contributed by atoms with Gasteiger partial charge in [-0.3, -0.25) is 0 Å². The summed E-state index contributed by atoms with van der Waals surface area (Å²) < 4.78 is 11.8. The summed E-state index contributed by atoms with van der Waals surface area (Å²) in [5.41, 5.74) is 0. The summed E-state index contributed by atoms with van der Waals surface area (Å²) in [6, 6.07) is 0.568. The molecule has 1 fully saturated rings. The minimum absolute atomic E-state index is 0.235. The van der Waals surface area contributed by atoms with Crippen molar-refractivity contribution in [2.24, 2.45) is 5.92 Å². The first-order valence-electron chi connectivity index (χ1n) is 4.66. The van der Waals surface area contributed by atoms with Crippen molar-refractivity contribution in [2.45, 2.75) is 38.6 Å². The van der Waals surface area contributed by atoms with E-state index in [1.807, 2.05) is 0 Å². The van der Waals surface area contributed by atoms with Crippen molar-refractivity contribution < 1.29 is 4.39 Å². The van der Waals surface area contributed by atoms with E-state index in [-0.39, 0.29) is 6.67 Å². The van der Waals surface area contributed by atoms with E-state index in [1.54, 1.807) is 0 Å². The van der Waals surface area contributed by atoms with Crippen molar-refractivity contribution >= 4 is 0 Å². The zero-order valence-electron chi connectivity index (χ0n) is 7.28. The molecule has 11 heavy (non-hydrogen) atoms. The van der Waals surface area contributed by atoms with Crippen LogP contribution in [0.2, 0.25) is 0 Å². The van der Waals surface area contributed by atoms with Crippen molar-refractivity contribution in [3.8, 4) is 0 Å². The quantitative estimate of drug-likeness (QED) is 0.626. The summed E-state index contributed by atoms with van der Waals surface area (Å²) >= 11 is 0. The maximum atomic E-state index is 11.8. The summed E-state index contributed by atoms with van der Waals surface area (Å²) in [6.45, 7) is 2.46. The molecule has 0 amide bonds. The second-order valence-corrected chi connectivity index (χ2v) is 3.43. The van der Waals surface area contributed by atoms with Crippen LogP contribution in [0.5, 0.6) is 0 Å². The SMILES string of the molecule is CCC(CC1CC1)NCCF. The molecule has 1 aliphatic rings. The fourth-order valence-electron chi connectivity index (χ4n) is 1.41. The molecule has 1 rings (SSSR count). The first-order valence-corrected chi connectivity index (χ1v) is 4.66. The monoisotopic (exact) mass is 159 g/mol. The first kappa shape index (κ1) is 8.98. The number of hydrogen-bond donors (Lipinski definition) is 1. The summed E-state index contributed by atoms with van der Waals surface area (Å²) in [4.78, 5) is 0. The Kier molecular flexibility index (Phi) is 3.84. The Hall–Kier alpha value is -0.110. The zero-order chi connectivity index (χ0) is 8.10. The zero-order valence-corrected chi connectivity index (χ0v) is 7.28. The van der Waals surface area contributed by atoms with Crippen molar-refractivity contribution in [1.82, 2.24) is 5.32 Å². The van der Waals surface area contributed by atoms with Gasteiger partial charge in [-0.1, -0.05) is 19.8 Å². The van der Waals surface area contributed by atoms with Crippen LogP contribution in [-0.2, 0) is 0 Å². The van der Waals surface area contributed by atoms with Crippen molar-refractivity contribution in [1.29, 1.82) is 0 Å². The Morgan fingerprint density at radius 2 is 2.27 bits per heavy atom. The highest BCUT2D eigenvalue weighted by molar-refractivity contribution is 4.79. The van der Waals surface area contributed by atoms with Crippen molar-refractivity contribution in [2.75, 3.05) is 13.2 Å². The Balaban J connectivity index is 2.02. The van der Waals surface area contributed by atoms with Gasteiger partial charge in [-0.15, -0.1) is 0 Å². The predicted octanol–water partition coefficient (Wildman–Crippen LogP) is 2.12. The number of nitrogens with one attached hydrogen (secondary N) is 1. The van der Waals surface area contributed by atoms with Crippen molar-refractivity contribution in [3.63, 3.8) is 0 Å². The molecule has 0 aromatic carbocycles.